The highest BCUT2D eigenvalue weighted by atomic mass is 35.5. The summed E-state index contributed by atoms with van der Waals surface area (Å²) < 4.78 is 0. The van der Waals surface area contributed by atoms with E-state index in [1.165, 1.54) is 12.8 Å². The summed E-state index contributed by atoms with van der Waals surface area (Å²) in [4.78, 5) is 6.66. The van der Waals surface area contributed by atoms with Crippen LogP contribution in [-0.4, -0.2) is 24.6 Å². The van der Waals surface area contributed by atoms with Gasteiger partial charge in [0.2, 0.25) is 0 Å². The van der Waals surface area contributed by atoms with Crippen LogP contribution in [0.1, 0.15) is 31.7 Å². The van der Waals surface area contributed by atoms with Crippen molar-refractivity contribution in [3.8, 4) is 0 Å². The average molecular weight is 254 g/mol. The number of halogens is 1. The van der Waals surface area contributed by atoms with E-state index in [1.54, 1.807) is 0 Å². The van der Waals surface area contributed by atoms with Crippen molar-refractivity contribution < 1.29 is 0 Å². The summed E-state index contributed by atoms with van der Waals surface area (Å²) in [5.74, 6) is 0.911. The lowest BCUT2D eigenvalue weighted by Gasteiger charge is -2.19. The first-order valence-corrected chi connectivity index (χ1v) is 6.68. The van der Waals surface area contributed by atoms with Gasteiger partial charge in [0.05, 0.1) is 5.02 Å². The van der Waals surface area contributed by atoms with E-state index in [0.29, 0.717) is 6.04 Å². The topological polar surface area (TPSA) is 28.2 Å². The Hall–Kier alpha value is -0.800. The maximum Gasteiger partial charge on any atom is 0.147 e. The van der Waals surface area contributed by atoms with Gasteiger partial charge in [-0.2, -0.15) is 0 Å². The molecule has 1 N–H and O–H groups in total. The number of nitrogens with one attached hydrogen (secondary N) is 1. The Morgan fingerprint density at radius 1 is 1.53 bits per heavy atom. The van der Waals surface area contributed by atoms with Crippen molar-refractivity contribution in [2.24, 2.45) is 0 Å². The van der Waals surface area contributed by atoms with Crippen molar-refractivity contribution in [2.45, 2.75) is 38.8 Å². The van der Waals surface area contributed by atoms with Gasteiger partial charge < -0.3 is 10.2 Å². The van der Waals surface area contributed by atoms with Gasteiger partial charge in [-0.25, -0.2) is 4.98 Å². The molecule has 0 amide bonds. The van der Waals surface area contributed by atoms with Gasteiger partial charge in [-0.05, 0) is 37.4 Å². The second kappa shape index (κ2) is 5.69. The van der Waals surface area contributed by atoms with Crippen LogP contribution in [0.4, 0.5) is 5.82 Å². The molecule has 1 aromatic heterocycles. The predicted molar refractivity (Wildman–Crippen MR) is 72.7 cm³/mol. The third-order valence-electron chi connectivity index (χ3n) is 3.06. The zero-order valence-corrected chi connectivity index (χ0v) is 11.3. The minimum absolute atomic E-state index is 0.643. The number of anilines is 1. The van der Waals surface area contributed by atoms with Crippen molar-refractivity contribution >= 4 is 17.4 Å². The Morgan fingerprint density at radius 2 is 2.29 bits per heavy atom. The largest absolute Gasteiger partial charge is 0.355 e. The summed E-state index contributed by atoms with van der Waals surface area (Å²) in [5, 5.41) is 4.11. The molecule has 0 spiro atoms. The fourth-order valence-electron chi connectivity index (χ4n) is 1.87. The van der Waals surface area contributed by atoms with Gasteiger partial charge in [-0.15, -0.1) is 0 Å². The molecular weight excluding hydrogens is 234 g/mol. The fraction of sp³-hybridized carbons (Fsp3) is 0.615. The molecule has 0 unspecified atom stereocenters. The molecule has 0 saturated heterocycles. The smallest absolute Gasteiger partial charge is 0.147 e. The first-order valence-electron chi connectivity index (χ1n) is 6.30. The van der Waals surface area contributed by atoms with Crippen molar-refractivity contribution in [3.05, 3.63) is 22.8 Å². The summed E-state index contributed by atoms with van der Waals surface area (Å²) in [5.41, 5.74) is 1.15. The molecule has 1 aliphatic rings. The molecular formula is C13H20ClN3. The Labute approximate surface area is 108 Å². The molecule has 0 aromatic carbocycles. The molecule has 1 aliphatic carbocycles. The lowest BCUT2D eigenvalue weighted by atomic mass is 10.2. The average Bonchev–Trinajstić information content (AvgIpc) is 3.13. The van der Waals surface area contributed by atoms with Gasteiger partial charge >= 0.3 is 0 Å². The number of hydrogen-bond donors (Lipinski definition) is 1. The second-order valence-corrected chi connectivity index (χ2v) is 5.08. The van der Waals surface area contributed by atoms with Crippen molar-refractivity contribution in [1.82, 2.24) is 10.3 Å². The van der Waals surface area contributed by atoms with E-state index < -0.39 is 0 Å². The Morgan fingerprint density at radius 3 is 2.88 bits per heavy atom. The van der Waals surface area contributed by atoms with Crippen LogP contribution < -0.4 is 10.2 Å². The van der Waals surface area contributed by atoms with Crippen molar-refractivity contribution in [1.29, 1.82) is 0 Å². The lowest BCUT2D eigenvalue weighted by molar-refractivity contribution is 0.673. The summed E-state index contributed by atoms with van der Waals surface area (Å²) in [6.45, 7) is 4.03. The zero-order valence-electron chi connectivity index (χ0n) is 10.5. The molecule has 1 fully saturated rings. The van der Waals surface area contributed by atoms with Gasteiger partial charge in [0.1, 0.15) is 5.82 Å². The van der Waals surface area contributed by atoms with E-state index in [1.807, 2.05) is 12.3 Å². The Balaban J connectivity index is 2.00. The van der Waals surface area contributed by atoms with E-state index in [2.05, 4.69) is 29.2 Å². The van der Waals surface area contributed by atoms with Crippen LogP contribution in [0.3, 0.4) is 0 Å². The molecule has 3 nitrogen and oxygen atoms in total. The standard InChI is InChI=1S/C13H20ClN3/c1-3-6-15-8-10-7-12(14)13(16-9-10)17(2)11-4-5-11/h7,9,11,15H,3-6,8H2,1-2H3. The van der Waals surface area contributed by atoms with Crippen LogP contribution in [0, 0.1) is 0 Å². The second-order valence-electron chi connectivity index (χ2n) is 4.67. The summed E-state index contributed by atoms with van der Waals surface area (Å²) >= 11 is 6.28. The van der Waals surface area contributed by atoms with Gasteiger partial charge in [-0.3, -0.25) is 0 Å². The van der Waals surface area contributed by atoms with Crippen LogP contribution >= 0.6 is 11.6 Å². The molecule has 0 radical (unpaired) electrons. The quantitative estimate of drug-likeness (QED) is 0.791. The van der Waals surface area contributed by atoms with Gasteiger partial charge in [0.15, 0.2) is 0 Å². The third-order valence-corrected chi connectivity index (χ3v) is 3.34. The molecule has 0 atom stereocenters. The van der Waals surface area contributed by atoms with E-state index in [-0.39, 0.29) is 0 Å². The molecule has 1 saturated carbocycles. The van der Waals surface area contributed by atoms with Crippen LogP contribution in [0.2, 0.25) is 5.02 Å². The first-order chi connectivity index (χ1) is 8.22. The summed E-state index contributed by atoms with van der Waals surface area (Å²) in [6, 6.07) is 2.66. The molecule has 2 rings (SSSR count). The van der Waals surface area contributed by atoms with E-state index >= 15 is 0 Å². The van der Waals surface area contributed by atoms with Crippen molar-refractivity contribution in [2.75, 3.05) is 18.5 Å². The molecule has 17 heavy (non-hydrogen) atoms. The summed E-state index contributed by atoms with van der Waals surface area (Å²) in [7, 11) is 2.07. The minimum Gasteiger partial charge on any atom is -0.355 e. The third kappa shape index (κ3) is 3.33. The predicted octanol–water partition coefficient (Wildman–Crippen LogP) is 2.83. The normalized spacial score (nSPS) is 15.0. The molecule has 0 bridgehead atoms. The highest BCUT2D eigenvalue weighted by molar-refractivity contribution is 6.33. The molecule has 0 aliphatic heterocycles. The maximum atomic E-state index is 6.28. The molecule has 4 heteroatoms. The number of nitrogens with zero attached hydrogens (tertiary/aromatic N) is 2. The van der Waals surface area contributed by atoms with Gasteiger partial charge in [-0.1, -0.05) is 18.5 Å². The molecule has 1 heterocycles. The zero-order chi connectivity index (χ0) is 12.3. The van der Waals surface area contributed by atoms with E-state index in [9.17, 15) is 0 Å². The fourth-order valence-corrected chi connectivity index (χ4v) is 2.19. The Kier molecular flexibility index (Phi) is 4.24. The number of aromatic nitrogens is 1. The van der Waals surface area contributed by atoms with E-state index in [4.69, 9.17) is 11.6 Å². The van der Waals surface area contributed by atoms with Gasteiger partial charge in [0.25, 0.3) is 0 Å². The van der Waals surface area contributed by atoms with Crippen LogP contribution in [-0.2, 0) is 6.54 Å². The SMILES string of the molecule is CCCNCc1cnc(N(C)C2CC2)c(Cl)c1. The summed E-state index contributed by atoms with van der Waals surface area (Å²) in [6.07, 6.45) is 5.58. The highest BCUT2D eigenvalue weighted by Crippen LogP contribution is 2.32. The van der Waals surface area contributed by atoms with E-state index in [0.717, 1.165) is 35.9 Å². The maximum absolute atomic E-state index is 6.28. The number of rotatable bonds is 6. The first kappa shape index (κ1) is 12.7. The minimum atomic E-state index is 0.643. The lowest BCUT2D eigenvalue weighted by Crippen LogP contribution is -2.21. The number of hydrogen-bond acceptors (Lipinski definition) is 3. The van der Waals surface area contributed by atoms with Crippen LogP contribution in [0.5, 0.6) is 0 Å². The highest BCUT2D eigenvalue weighted by Gasteiger charge is 2.28. The Bertz CT molecular complexity index is 377. The monoisotopic (exact) mass is 253 g/mol. The number of pyridine rings is 1. The molecule has 1 aromatic rings. The van der Waals surface area contributed by atoms with Crippen LogP contribution in [0.15, 0.2) is 12.3 Å². The van der Waals surface area contributed by atoms with Crippen molar-refractivity contribution in [3.63, 3.8) is 0 Å². The van der Waals surface area contributed by atoms with Crippen LogP contribution in [0.25, 0.3) is 0 Å². The van der Waals surface area contributed by atoms with Gasteiger partial charge in [0, 0.05) is 25.8 Å². The molecule has 94 valence electrons.